The molecular weight excluding hydrogens is 130 g/mol. The molecule has 0 radical (unpaired) electrons. The number of aromatic amines is 1. The Bertz CT molecular complexity index is 355. The highest BCUT2D eigenvalue weighted by Crippen LogP contribution is 2.19. The van der Waals surface area contributed by atoms with Gasteiger partial charge in [0.2, 0.25) is 0 Å². The Balaban J connectivity index is 2.93. The van der Waals surface area contributed by atoms with Crippen molar-refractivity contribution < 1.29 is 5.11 Å². The fourth-order valence-corrected chi connectivity index (χ4v) is 0.864. The van der Waals surface area contributed by atoms with Crippen LogP contribution >= 0.6 is 0 Å². The van der Waals surface area contributed by atoms with Crippen LogP contribution in [0.4, 0.5) is 0 Å². The molecule has 0 fully saturated rings. The summed E-state index contributed by atoms with van der Waals surface area (Å²) >= 11 is 0. The van der Waals surface area contributed by atoms with Gasteiger partial charge in [0.05, 0.1) is 11.6 Å². The largest absolute Gasteiger partial charge is 0.494 e. The van der Waals surface area contributed by atoms with E-state index in [2.05, 4.69) is 15.2 Å². The van der Waals surface area contributed by atoms with Crippen molar-refractivity contribution in [2.24, 2.45) is 0 Å². The molecule has 0 atom stereocenters. The van der Waals surface area contributed by atoms with E-state index in [9.17, 15) is 0 Å². The molecule has 0 saturated carbocycles. The van der Waals surface area contributed by atoms with E-state index in [4.69, 9.17) is 5.11 Å². The molecule has 0 aromatic carbocycles. The van der Waals surface area contributed by atoms with Crippen molar-refractivity contribution in [3.05, 3.63) is 18.5 Å². The third kappa shape index (κ3) is 0.556. The van der Waals surface area contributed by atoms with E-state index < -0.39 is 0 Å². The van der Waals surface area contributed by atoms with Crippen molar-refractivity contribution in [3.63, 3.8) is 0 Å². The molecule has 0 unspecified atom stereocenters. The summed E-state index contributed by atoms with van der Waals surface area (Å²) in [5.41, 5.74) is 0.681. The second-order valence-corrected chi connectivity index (χ2v) is 1.97. The molecule has 50 valence electrons. The van der Waals surface area contributed by atoms with Gasteiger partial charge >= 0.3 is 0 Å². The lowest BCUT2D eigenvalue weighted by molar-refractivity contribution is 0.462. The fraction of sp³-hybridized carbons (Fsp3) is 0. The van der Waals surface area contributed by atoms with E-state index in [1.54, 1.807) is 12.3 Å². The SMILES string of the molecule is Oc1[nH]cc2nnccc12. The minimum Gasteiger partial charge on any atom is -0.494 e. The number of aromatic nitrogens is 3. The molecule has 2 rings (SSSR count). The molecule has 10 heavy (non-hydrogen) atoms. The zero-order valence-electron chi connectivity index (χ0n) is 5.07. The Hall–Kier alpha value is -1.58. The number of aromatic hydroxyl groups is 1. The van der Waals surface area contributed by atoms with Gasteiger partial charge in [-0.25, -0.2) is 0 Å². The standard InChI is InChI=1S/C6H5N3O/c10-6-4-1-2-8-9-5(4)3-7-6/h1-3,7,10H. The average Bonchev–Trinajstić information content (AvgIpc) is 2.34. The molecule has 0 aliphatic carbocycles. The van der Waals surface area contributed by atoms with Crippen LogP contribution in [0.5, 0.6) is 5.88 Å². The van der Waals surface area contributed by atoms with Crippen LogP contribution in [0, 0.1) is 0 Å². The van der Waals surface area contributed by atoms with Crippen molar-refractivity contribution in [3.8, 4) is 5.88 Å². The van der Waals surface area contributed by atoms with Gasteiger partial charge in [-0.05, 0) is 6.07 Å². The zero-order valence-corrected chi connectivity index (χ0v) is 5.07. The molecule has 0 amide bonds. The third-order valence-electron chi connectivity index (χ3n) is 1.35. The number of H-pyrrole nitrogens is 1. The summed E-state index contributed by atoms with van der Waals surface area (Å²) in [5, 5.41) is 17.2. The highest BCUT2D eigenvalue weighted by atomic mass is 16.3. The molecule has 0 aliphatic heterocycles. The predicted octanol–water partition coefficient (Wildman–Crippen LogP) is 0.663. The van der Waals surface area contributed by atoms with Crippen LogP contribution in [0.3, 0.4) is 0 Å². The van der Waals surface area contributed by atoms with Crippen molar-refractivity contribution >= 4 is 10.9 Å². The van der Waals surface area contributed by atoms with Crippen LogP contribution in [-0.4, -0.2) is 20.3 Å². The summed E-state index contributed by atoms with van der Waals surface area (Å²) in [6, 6.07) is 1.70. The molecule has 4 nitrogen and oxygen atoms in total. The Kier molecular flexibility index (Phi) is 0.887. The predicted molar refractivity (Wildman–Crippen MR) is 35.6 cm³/mol. The fourth-order valence-electron chi connectivity index (χ4n) is 0.864. The lowest BCUT2D eigenvalue weighted by Gasteiger charge is -1.84. The molecule has 2 N–H and O–H groups in total. The van der Waals surface area contributed by atoms with Gasteiger partial charge in [0.1, 0.15) is 5.52 Å². The minimum absolute atomic E-state index is 0.143. The third-order valence-corrected chi connectivity index (χ3v) is 1.35. The Morgan fingerprint density at radius 1 is 1.50 bits per heavy atom. The summed E-state index contributed by atoms with van der Waals surface area (Å²) in [5.74, 6) is 0.143. The van der Waals surface area contributed by atoms with Gasteiger partial charge in [0, 0.05) is 6.20 Å². The highest BCUT2D eigenvalue weighted by Gasteiger charge is 1.99. The van der Waals surface area contributed by atoms with Gasteiger partial charge in [-0.15, -0.1) is 5.10 Å². The van der Waals surface area contributed by atoms with Gasteiger partial charge < -0.3 is 10.1 Å². The van der Waals surface area contributed by atoms with E-state index in [0.717, 1.165) is 0 Å². The summed E-state index contributed by atoms with van der Waals surface area (Å²) in [6.07, 6.45) is 3.15. The van der Waals surface area contributed by atoms with Crippen molar-refractivity contribution in [1.29, 1.82) is 0 Å². The highest BCUT2D eigenvalue weighted by molar-refractivity contribution is 5.82. The van der Waals surface area contributed by atoms with E-state index in [-0.39, 0.29) is 5.88 Å². The van der Waals surface area contributed by atoms with Crippen LogP contribution in [0.1, 0.15) is 0 Å². The van der Waals surface area contributed by atoms with Gasteiger partial charge in [-0.1, -0.05) is 0 Å². The molecule has 2 heterocycles. The van der Waals surface area contributed by atoms with Gasteiger partial charge in [-0.3, -0.25) is 0 Å². The monoisotopic (exact) mass is 135 g/mol. The lowest BCUT2D eigenvalue weighted by atomic mass is 10.4. The van der Waals surface area contributed by atoms with Gasteiger partial charge in [-0.2, -0.15) is 5.10 Å². The van der Waals surface area contributed by atoms with E-state index in [0.29, 0.717) is 10.9 Å². The first-order valence-corrected chi connectivity index (χ1v) is 2.85. The maximum atomic E-state index is 9.09. The first-order valence-electron chi connectivity index (χ1n) is 2.85. The van der Waals surface area contributed by atoms with Crippen LogP contribution in [0.25, 0.3) is 10.9 Å². The average molecular weight is 135 g/mol. The summed E-state index contributed by atoms with van der Waals surface area (Å²) in [4.78, 5) is 2.63. The van der Waals surface area contributed by atoms with Gasteiger partial charge in [0.25, 0.3) is 0 Å². The Morgan fingerprint density at radius 3 is 3.20 bits per heavy atom. The topological polar surface area (TPSA) is 61.8 Å². The number of hydrogen-bond acceptors (Lipinski definition) is 3. The number of fused-ring (bicyclic) bond motifs is 1. The summed E-state index contributed by atoms with van der Waals surface area (Å²) < 4.78 is 0. The number of hydrogen-bond donors (Lipinski definition) is 2. The molecule has 0 bridgehead atoms. The lowest BCUT2D eigenvalue weighted by Crippen LogP contribution is -1.75. The number of nitrogens with one attached hydrogen (secondary N) is 1. The normalized spacial score (nSPS) is 10.4. The second kappa shape index (κ2) is 1.70. The first-order chi connectivity index (χ1) is 4.88. The van der Waals surface area contributed by atoms with Crippen molar-refractivity contribution in [2.75, 3.05) is 0 Å². The second-order valence-electron chi connectivity index (χ2n) is 1.97. The quantitative estimate of drug-likeness (QED) is 0.557. The molecule has 0 saturated heterocycles. The molecule has 4 heteroatoms. The maximum Gasteiger partial charge on any atom is 0.198 e. The van der Waals surface area contributed by atoms with Crippen LogP contribution < -0.4 is 0 Å². The molecule has 0 spiro atoms. The number of nitrogens with zero attached hydrogens (tertiary/aromatic N) is 2. The first kappa shape index (κ1) is 5.22. The van der Waals surface area contributed by atoms with E-state index in [1.165, 1.54) is 6.20 Å². The van der Waals surface area contributed by atoms with E-state index in [1.807, 2.05) is 0 Å². The summed E-state index contributed by atoms with van der Waals surface area (Å²) in [7, 11) is 0. The summed E-state index contributed by atoms with van der Waals surface area (Å²) in [6.45, 7) is 0. The van der Waals surface area contributed by atoms with Crippen LogP contribution in [-0.2, 0) is 0 Å². The van der Waals surface area contributed by atoms with Crippen molar-refractivity contribution in [1.82, 2.24) is 15.2 Å². The molecule has 2 aromatic heterocycles. The Labute approximate surface area is 56.5 Å². The van der Waals surface area contributed by atoms with Crippen LogP contribution in [0.2, 0.25) is 0 Å². The maximum absolute atomic E-state index is 9.09. The zero-order chi connectivity index (χ0) is 6.97. The Morgan fingerprint density at radius 2 is 2.40 bits per heavy atom. The van der Waals surface area contributed by atoms with E-state index >= 15 is 0 Å². The minimum atomic E-state index is 0.143. The van der Waals surface area contributed by atoms with Crippen molar-refractivity contribution in [2.45, 2.75) is 0 Å². The smallest absolute Gasteiger partial charge is 0.198 e. The number of rotatable bonds is 0. The van der Waals surface area contributed by atoms with Crippen LogP contribution in [0.15, 0.2) is 18.5 Å². The molecule has 2 aromatic rings. The molecule has 0 aliphatic rings. The van der Waals surface area contributed by atoms with Gasteiger partial charge in [0.15, 0.2) is 5.88 Å². The molecular formula is C6H5N3O.